The second-order valence-corrected chi connectivity index (χ2v) is 6.34. The molecule has 5 nitrogen and oxygen atoms in total. The number of nitrogens with one attached hydrogen (secondary N) is 1. The Morgan fingerprint density at radius 2 is 2.04 bits per heavy atom. The molecule has 0 unspecified atom stereocenters. The summed E-state index contributed by atoms with van der Waals surface area (Å²) >= 11 is 1.35. The molecule has 0 aliphatic carbocycles. The van der Waals surface area contributed by atoms with Crippen LogP contribution < -0.4 is 5.32 Å². The maximum absolute atomic E-state index is 12.1. The molecular weight excluding hydrogens is 322 g/mol. The van der Waals surface area contributed by atoms with Crippen LogP contribution in [0.2, 0.25) is 0 Å². The summed E-state index contributed by atoms with van der Waals surface area (Å²) < 4.78 is 5.12. The number of nitrogens with zero attached hydrogens (tertiary/aromatic N) is 2. The number of aromatic nitrogens is 2. The molecule has 0 bridgehead atoms. The largest absolute Gasteiger partial charge is 0.462 e. The molecule has 0 aliphatic rings. The maximum atomic E-state index is 12.1. The summed E-state index contributed by atoms with van der Waals surface area (Å²) in [5.41, 5.74) is 2.14. The lowest BCUT2D eigenvalue weighted by Crippen LogP contribution is -2.07. The van der Waals surface area contributed by atoms with Gasteiger partial charge in [-0.25, -0.2) is 14.8 Å². The van der Waals surface area contributed by atoms with Gasteiger partial charge < -0.3 is 10.1 Å². The smallest absolute Gasteiger partial charge is 0.348 e. The molecule has 6 heteroatoms. The average molecular weight is 341 g/mol. The van der Waals surface area contributed by atoms with Gasteiger partial charge in [0.25, 0.3) is 0 Å². The SMILES string of the molecule is CCOC(=O)c1sc2ncnc(NCCc3ccccc3)c2c1C. The number of rotatable bonds is 6. The van der Waals surface area contributed by atoms with E-state index in [0.717, 1.165) is 34.6 Å². The Morgan fingerprint density at radius 1 is 1.25 bits per heavy atom. The van der Waals surface area contributed by atoms with Crippen molar-refractivity contribution < 1.29 is 9.53 Å². The van der Waals surface area contributed by atoms with Gasteiger partial charge in [-0.3, -0.25) is 0 Å². The summed E-state index contributed by atoms with van der Waals surface area (Å²) in [7, 11) is 0. The summed E-state index contributed by atoms with van der Waals surface area (Å²) in [5.74, 6) is 0.466. The third-order valence-corrected chi connectivity index (χ3v) is 4.92. The Hall–Kier alpha value is -2.47. The molecule has 0 radical (unpaired) electrons. The molecule has 2 aromatic heterocycles. The lowest BCUT2D eigenvalue weighted by molar-refractivity contribution is 0.0531. The van der Waals surface area contributed by atoms with Crippen molar-refractivity contribution in [3.63, 3.8) is 0 Å². The zero-order valence-electron chi connectivity index (χ0n) is 13.7. The highest BCUT2D eigenvalue weighted by molar-refractivity contribution is 7.20. The highest BCUT2D eigenvalue weighted by Gasteiger charge is 2.19. The molecule has 0 spiro atoms. The van der Waals surface area contributed by atoms with Gasteiger partial charge >= 0.3 is 5.97 Å². The molecule has 1 aromatic carbocycles. The Balaban J connectivity index is 1.82. The van der Waals surface area contributed by atoms with Crippen LogP contribution in [0.4, 0.5) is 5.82 Å². The molecule has 0 fully saturated rings. The predicted molar refractivity (Wildman–Crippen MR) is 96.7 cm³/mol. The minimum atomic E-state index is -0.298. The van der Waals surface area contributed by atoms with Gasteiger partial charge in [0.1, 0.15) is 21.9 Å². The Bertz CT molecular complexity index is 846. The summed E-state index contributed by atoms with van der Waals surface area (Å²) in [6.45, 7) is 4.84. The van der Waals surface area contributed by atoms with Crippen molar-refractivity contribution in [1.29, 1.82) is 0 Å². The van der Waals surface area contributed by atoms with E-state index in [1.807, 2.05) is 25.1 Å². The van der Waals surface area contributed by atoms with Gasteiger partial charge in [-0.1, -0.05) is 30.3 Å². The Morgan fingerprint density at radius 3 is 2.79 bits per heavy atom. The van der Waals surface area contributed by atoms with E-state index in [9.17, 15) is 4.79 Å². The number of hydrogen-bond acceptors (Lipinski definition) is 6. The highest BCUT2D eigenvalue weighted by Crippen LogP contribution is 2.33. The summed E-state index contributed by atoms with van der Waals surface area (Å²) in [6.07, 6.45) is 2.43. The van der Waals surface area contributed by atoms with Crippen LogP contribution in [0.15, 0.2) is 36.7 Å². The fraction of sp³-hybridized carbons (Fsp3) is 0.278. The van der Waals surface area contributed by atoms with E-state index in [1.165, 1.54) is 23.2 Å². The number of benzene rings is 1. The second-order valence-electron chi connectivity index (χ2n) is 5.34. The van der Waals surface area contributed by atoms with E-state index in [4.69, 9.17) is 4.74 Å². The van der Waals surface area contributed by atoms with E-state index in [1.54, 1.807) is 6.92 Å². The van der Waals surface area contributed by atoms with Gasteiger partial charge in [0.15, 0.2) is 0 Å². The van der Waals surface area contributed by atoms with Crippen molar-refractivity contribution in [3.8, 4) is 0 Å². The van der Waals surface area contributed by atoms with Crippen LogP contribution in [0.1, 0.15) is 27.7 Å². The van der Waals surface area contributed by atoms with Gasteiger partial charge in [-0.05, 0) is 31.4 Å². The molecule has 0 aliphatic heterocycles. The van der Waals surface area contributed by atoms with Gasteiger partial charge in [-0.15, -0.1) is 11.3 Å². The van der Waals surface area contributed by atoms with Crippen molar-refractivity contribution >= 4 is 33.3 Å². The Labute approximate surface area is 144 Å². The molecule has 124 valence electrons. The summed E-state index contributed by atoms with van der Waals surface area (Å²) in [5, 5.41) is 4.27. The molecule has 0 saturated heterocycles. The number of thiophene rings is 1. The van der Waals surface area contributed by atoms with Crippen LogP contribution in [0.3, 0.4) is 0 Å². The van der Waals surface area contributed by atoms with Crippen molar-refractivity contribution in [3.05, 3.63) is 52.7 Å². The van der Waals surface area contributed by atoms with E-state index < -0.39 is 0 Å². The summed E-state index contributed by atoms with van der Waals surface area (Å²) in [4.78, 5) is 22.1. The zero-order chi connectivity index (χ0) is 16.9. The molecule has 1 N–H and O–H groups in total. The first-order chi connectivity index (χ1) is 11.7. The van der Waals surface area contributed by atoms with Crippen molar-refractivity contribution in [2.45, 2.75) is 20.3 Å². The molecule has 3 rings (SSSR count). The molecular formula is C18H19N3O2S. The number of ether oxygens (including phenoxy) is 1. The normalized spacial score (nSPS) is 10.8. The zero-order valence-corrected chi connectivity index (χ0v) is 14.5. The number of carbonyl (C=O) groups excluding carboxylic acids is 1. The van der Waals surface area contributed by atoms with Crippen LogP contribution in [0.25, 0.3) is 10.2 Å². The van der Waals surface area contributed by atoms with Crippen LogP contribution in [-0.4, -0.2) is 29.1 Å². The third-order valence-electron chi connectivity index (χ3n) is 3.74. The minimum absolute atomic E-state index is 0.298. The van der Waals surface area contributed by atoms with E-state index >= 15 is 0 Å². The quantitative estimate of drug-likeness (QED) is 0.690. The minimum Gasteiger partial charge on any atom is -0.462 e. The number of esters is 1. The van der Waals surface area contributed by atoms with E-state index in [0.29, 0.717) is 11.5 Å². The molecule has 2 heterocycles. The van der Waals surface area contributed by atoms with Gasteiger partial charge in [0.2, 0.25) is 0 Å². The highest BCUT2D eigenvalue weighted by atomic mass is 32.1. The van der Waals surface area contributed by atoms with Crippen molar-refractivity contribution in [1.82, 2.24) is 9.97 Å². The van der Waals surface area contributed by atoms with Gasteiger partial charge in [0, 0.05) is 6.54 Å². The molecule has 0 amide bonds. The van der Waals surface area contributed by atoms with Crippen LogP contribution in [-0.2, 0) is 11.2 Å². The van der Waals surface area contributed by atoms with Crippen LogP contribution in [0, 0.1) is 6.92 Å². The van der Waals surface area contributed by atoms with Gasteiger partial charge in [-0.2, -0.15) is 0 Å². The first-order valence-electron chi connectivity index (χ1n) is 7.89. The van der Waals surface area contributed by atoms with E-state index in [-0.39, 0.29) is 5.97 Å². The fourth-order valence-corrected chi connectivity index (χ4v) is 3.61. The summed E-state index contributed by atoms with van der Waals surface area (Å²) in [6, 6.07) is 10.3. The second kappa shape index (κ2) is 7.40. The Kier molecular flexibility index (Phi) is 5.05. The predicted octanol–water partition coefficient (Wildman–Crippen LogP) is 3.83. The monoisotopic (exact) mass is 341 g/mol. The maximum Gasteiger partial charge on any atom is 0.348 e. The molecule has 24 heavy (non-hydrogen) atoms. The average Bonchev–Trinajstić information content (AvgIpc) is 2.94. The van der Waals surface area contributed by atoms with Crippen LogP contribution >= 0.6 is 11.3 Å². The molecule has 0 saturated carbocycles. The number of carbonyl (C=O) groups is 1. The van der Waals surface area contributed by atoms with Crippen molar-refractivity contribution in [2.24, 2.45) is 0 Å². The van der Waals surface area contributed by atoms with E-state index in [2.05, 4.69) is 27.4 Å². The van der Waals surface area contributed by atoms with Gasteiger partial charge in [0.05, 0.1) is 12.0 Å². The number of anilines is 1. The lowest BCUT2D eigenvalue weighted by Gasteiger charge is -2.07. The van der Waals surface area contributed by atoms with Crippen molar-refractivity contribution in [2.75, 3.05) is 18.5 Å². The van der Waals surface area contributed by atoms with Crippen LogP contribution in [0.5, 0.6) is 0 Å². The standard InChI is InChI=1S/C18H19N3O2S/c1-3-23-18(22)15-12(2)14-16(20-11-21-17(14)24-15)19-10-9-13-7-5-4-6-8-13/h4-8,11H,3,9-10H2,1-2H3,(H,19,20,21). The number of fused-ring (bicyclic) bond motifs is 1. The number of hydrogen-bond donors (Lipinski definition) is 1. The third kappa shape index (κ3) is 3.38. The molecule has 3 aromatic rings. The lowest BCUT2D eigenvalue weighted by atomic mass is 10.1. The fourth-order valence-electron chi connectivity index (χ4n) is 2.57. The first-order valence-corrected chi connectivity index (χ1v) is 8.71. The topological polar surface area (TPSA) is 64.1 Å². The molecule has 0 atom stereocenters. The number of aryl methyl sites for hydroxylation is 1. The first kappa shape index (κ1) is 16.4.